The first-order valence-electron chi connectivity index (χ1n) is 10.7. The Morgan fingerprint density at radius 3 is 2.66 bits per heavy atom. The van der Waals surface area contributed by atoms with E-state index in [9.17, 15) is 4.79 Å². The van der Waals surface area contributed by atoms with Crippen LogP contribution < -0.4 is 15.5 Å². The van der Waals surface area contributed by atoms with Crippen LogP contribution in [0, 0.1) is 0 Å². The molecule has 6 nitrogen and oxygen atoms in total. The van der Waals surface area contributed by atoms with Crippen LogP contribution in [0.2, 0.25) is 0 Å². The zero-order valence-electron chi connectivity index (χ0n) is 18.4. The highest BCUT2D eigenvalue weighted by molar-refractivity contribution is 14.0. The fourth-order valence-electron chi connectivity index (χ4n) is 3.62. The molecule has 1 aromatic rings. The highest BCUT2D eigenvalue weighted by Gasteiger charge is 2.23. The summed E-state index contributed by atoms with van der Waals surface area (Å²) in [6, 6.07) is 8.44. The number of para-hydroxylation sites is 1. The summed E-state index contributed by atoms with van der Waals surface area (Å²) < 4.78 is 0. The summed E-state index contributed by atoms with van der Waals surface area (Å²) in [4.78, 5) is 21.5. The summed E-state index contributed by atoms with van der Waals surface area (Å²) in [6.07, 6.45) is 3.15. The zero-order chi connectivity index (χ0) is 20.4. The average Bonchev–Trinajstić information content (AvgIpc) is 3.13. The van der Waals surface area contributed by atoms with Crippen LogP contribution in [-0.4, -0.2) is 62.1 Å². The monoisotopic (exact) mass is 515 g/mol. The maximum Gasteiger partial charge on any atom is 0.248 e. The fourth-order valence-corrected chi connectivity index (χ4v) is 3.62. The molecule has 1 unspecified atom stereocenters. The van der Waals surface area contributed by atoms with Crippen molar-refractivity contribution in [3.8, 4) is 0 Å². The predicted molar refractivity (Wildman–Crippen MR) is 134 cm³/mol. The van der Waals surface area contributed by atoms with Gasteiger partial charge in [0.2, 0.25) is 5.91 Å². The third-order valence-electron chi connectivity index (χ3n) is 5.29. The Morgan fingerprint density at radius 1 is 1.24 bits per heavy atom. The molecular weight excluding hydrogens is 477 g/mol. The first-order chi connectivity index (χ1) is 13.6. The molecule has 1 aromatic carbocycles. The van der Waals surface area contributed by atoms with E-state index in [1.807, 2.05) is 30.0 Å². The van der Waals surface area contributed by atoms with E-state index in [4.69, 9.17) is 0 Å². The summed E-state index contributed by atoms with van der Waals surface area (Å²) in [6.45, 7) is 13.6. The van der Waals surface area contributed by atoms with Crippen molar-refractivity contribution in [1.82, 2.24) is 15.5 Å². The molecule has 2 N–H and O–H groups in total. The summed E-state index contributed by atoms with van der Waals surface area (Å²) in [5.41, 5.74) is 2.28. The van der Waals surface area contributed by atoms with Crippen molar-refractivity contribution >= 4 is 41.5 Å². The van der Waals surface area contributed by atoms with Gasteiger partial charge >= 0.3 is 0 Å². The van der Waals surface area contributed by atoms with Gasteiger partial charge in [-0.05, 0) is 64.4 Å². The van der Waals surface area contributed by atoms with Crippen LogP contribution in [0.25, 0.3) is 0 Å². The highest BCUT2D eigenvalue weighted by Crippen LogP contribution is 2.27. The molecule has 2 rings (SSSR count). The van der Waals surface area contributed by atoms with Crippen LogP contribution in [0.15, 0.2) is 29.3 Å². The van der Waals surface area contributed by atoms with Crippen molar-refractivity contribution in [3.63, 3.8) is 0 Å². The molecule has 1 amide bonds. The number of halogens is 1. The molecule has 29 heavy (non-hydrogen) atoms. The van der Waals surface area contributed by atoms with Gasteiger partial charge in [-0.15, -0.1) is 24.0 Å². The number of aliphatic imine (C=N–C) groups is 1. The molecule has 0 spiro atoms. The third kappa shape index (κ3) is 8.12. The van der Waals surface area contributed by atoms with E-state index >= 15 is 0 Å². The molecule has 1 atom stereocenters. The first kappa shape index (κ1) is 25.7. The number of rotatable bonds is 10. The summed E-state index contributed by atoms with van der Waals surface area (Å²) in [5, 5.41) is 6.70. The Balaban J connectivity index is 0.00000420. The van der Waals surface area contributed by atoms with E-state index in [0.29, 0.717) is 6.04 Å². The quantitative estimate of drug-likeness (QED) is 0.286. The van der Waals surface area contributed by atoms with Gasteiger partial charge in [0.25, 0.3) is 0 Å². The molecule has 1 aliphatic rings. The van der Waals surface area contributed by atoms with Gasteiger partial charge in [0, 0.05) is 24.8 Å². The first-order valence-corrected chi connectivity index (χ1v) is 10.7. The van der Waals surface area contributed by atoms with Gasteiger partial charge in [0.1, 0.15) is 6.54 Å². The molecule has 0 aromatic heterocycles. The minimum atomic E-state index is 0. The third-order valence-corrected chi connectivity index (χ3v) is 5.29. The van der Waals surface area contributed by atoms with Gasteiger partial charge in [0.15, 0.2) is 5.96 Å². The topological polar surface area (TPSA) is 60.0 Å². The van der Waals surface area contributed by atoms with Crippen molar-refractivity contribution in [2.45, 2.75) is 53.0 Å². The van der Waals surface area contributed by atoms with Gasteiger partial charge < -0.3 is 20.4 Å². The predicted octanol–water partition coefficient (Wildman–Crippen LogP) is 3.26. The average molecular weight is 515 g/mol. The molecule has 0 fully saturated rings. The minimum absolute atomic E-state index is 0. The fraction of sp³-hybridized carbons (Fsp3) is 0.636. The van der Waals surface area contributed by atoms with Crippen molar-refractivity contribution in [2.24, 2.45) is 4.99 Å². The Kier molecular flexibility index (Phi) is 12.2. The summed E-state index contributed by atoms with van der Waals surface area (Å²) >= 11 is 0. The number of nitrogens with one attached hydrogen (secondary N) is 2. The molecular formula is C22H38IN5O. The van der Waals surface area contributed by atoms with Crippen molar-refractivity contribution in [1.29, 1.82) is 0 Å². The Labute approximate surface area is 193 Å². The lowest BCUT2D eigenvalue weighted by Crippen LogP contribution is -2.43. The maximum absolute atomic E-state index is 12.7. The molecule has 1 aliphatic heterocycles. The van der Waals surface area contributed by atoms with E-state index < -0.39 is 0 Å². The van der Waals surface area contributed by atoms with E-state index in [-0.39, 0.29) is 36.4 Å². The lowest BCUT2D eigenvalue weighted by molar-refractivity contribution is -0.117. The van der Waals surface area contributed by atoms with E-state index in [1.54, 1.807) is 0 Å². The van der Waals surface area contributed by atoms with E-state index in [0.717, 1.165) is 63.6 Å². The van der Waals surface area contributed by atoms with Crippen LogP contribution in [0.5, 0.6) is 0 Å². The van der Waals surface area contributed by atoms with Gasteiger partial charge in [-0.25, -0.2) is 4.99 Å². The zero-order valence-corrected chi connectivity index (χ0v) is 20.7. The second kappa shape index (κ2) is 13.8. The van der Waals surface area contributed by atoms with Gasteiger partial charge in [-0.3, -0.25) is 4.79 Å². The molecule has 1 heterocycles. The number of amides is 1. The minimum Gasteiger partial charge on any atom is -0.357 e. The second-order valence-corrected chi connectivity index (χ2v) is 7.33. The number of carbonyl (C=O) groups is 1. The van der Waals surface area contributed by atoms with Gasteiger partial charge in [-0.1, -0.05) is 32.0 Å². The molecule has 7 heteroatoms. The van der Waals surface area contributed by atoms with Crippen LogP contribution in [-0.2, 0) is 11.2 Å². The molecule has 0 bridgehead atoms. The highest BCUT2D eigenvalue weighted by atomic mass is 127. The number of guanidine groups is 1. The number of anilines is 1. The summed E-state index contributed by atoms with van der Waals surface area (Å²) in [5.74, 6) is 0.773. The number of carbonyl (C=O) groups excluding carboxylic acids is 1. The Bertz CT molecular complexity index is 648. The number of nitrogens with zero attached hydrogens (tertiary/aromatic N) is 3. The normalized spacial score (nSPS) is 14.4. The van der Waals surface area contributed by atoms with Crippen LogP contribution >= 0.6 is 24.0 Å². The second-order valence-electron chi connectivity index (χ2n) is 7.33. The molecule has 164 valence electrons. The smallest absolute Gasteiger partial charge is 0.248 e. The van der Waals surface area contributed by atoms with Crippen molar-refractivity contribution in [2.75, 3.05) is 44.2 Å². The van der Waals surface area contributed by atoms with Gasteiger partial charge in [-0.2, -0.15) is 0 Å². The van der Waals surface area contributed by atoms with E-state index in [2.05, 4.69) is 47.4 Å². The summed E-state index contributed by atoms with van der Waals surface area (Å²) in [7, 11) is 0. The van der Waals surface area contributed by atoms with Crippen molar-refractivity contribution < 1.29 is 4.79 Å². The molecule has 0 saturated carbocycles. The lowest BCUT2D eigenvalue weighted by atomic mass is 10.2. The van der Waals surface area contributed by atoms with Crippen LogP contribution in [0.1, 0.15) is 46.1 Å². The number of hydrogen-bond donors (Lipinski definition) is 2. The van der Waals surface area contributed by atoms with Gasteiger partial charge in [0.05, 0.1) is 0 Å². The standard InChI is InChI=1S/C22H37N5O.HI/c1-5-23-22(25-18(4)11-10-15-26(6-2)7-3)24-17-21(28)27-16-14-19-12-8-9-13-20(19)27;/h8-9,12-13,18H,5-7,10-11,14-17H2,1-4H3,(H2,23,24,25);1H. The molecule has 0 saturated heterocycles. The van der Waals surface area contributed by atoms with Crippen LogP contribution in [0.4, 0.5) is 5.69 Å². The lowest BCUT2D eigenvalue weighted by Gasteiger charge is -2.21. The molecule has 0 radical (unpaired) electrons. The number of benzene rings is 1. The number of hydrogen-bond acceptors (Lipinski definition) is 3. The largest absolute Gasteiger partial charge is 0.357 e. The Hall–Kier alpha value is -1.35. The maximum atomic E-state index is 12.7. The van der Waals surface area contributed by atoms with Crippen molar-refractivity contribution in [3.05, 3.63) is 29.8 Å². The SMILES string of the molecule is CCNC(=NCC(=O)N1CCc2ccccc21)NC(C)CCCN(CC)CC.I. The van der Waals surface area contributed by atoms with E-state index in [1.165, 1.54) is 5.56 Å². The van der Waals surface area contributed by atoms with Crippen LogP contribution in [0.3, 0.4) is 0 Å². The molecule has 0 aliphatic carbocycles. The number of fused-ring (bicyclic) bond motifs is 1. The Morgan fingerprint density at radius 2 is 1.97 bits per heavy atom.